The molecule has 6 bridgehead atoms. The van der Waals surface area contributed by atoms with Crippen LogP contribution in [0, 0.1) is 0 Å². The van der Waals surface area contributed by atoms with Crippen molar-refractivity contribution < 1.29 is 83.8 Å². The van der Waals surface area contributed by atoms with E-state index >= 15 is 0 Å². The Labute approximate surface area is 572 Å². The number of aliphatic hydroxyl groups excluding tert-OH is 4. The zero-order chi connectivity index (χ0) is 71.8. The van der Waals surface area contributed by atoms with E-state index in [-0.39, 0.29) is 113 Å². The molecule has 5 aromatic heterocycles. The molecule has 534 valence electrons. The van der Waals surface area contributed by atoms with Gasteiger partial charge >= 0.3 is 42.6 Å². The first kappa shape index (κ1) is 69.6. The summed E-state index contributed by atoms with van der Waals surface area (Å²) in [5.41, 5.74) is 0.175. The number of fused-ring (bicyclic) bond motifs is 12. The molecule has 102 heavy (non-hydrogen) atoms. The standard InChI is InChI=1S/2C23H22F3N7O4.C19H18F3N5O/c24-23(25,26)14-3-1-2-13(8-14)19-28-9-17-20(31-19)33(15-5-7-32(17)10-15)22(36)30-18-4-6-27-21(29-18)37-12-16(35)11-34;24-23(25,26)14-3-1-2-13(6-14)20-27-8-17-21(31-20)33(15-4-5-32(17)9-15)22(36)30-18-7-19(29-12-28-18)37-11-16(35)10-34;20-19(21,22)12-3-1-2-11(8-12)16-23-9-15-17(25-16)27(14-6-7-26(15)10-14)18(28)24-13-4-5-13/h1-4,6,8-9,15-16,34-35H,5,7,10-12H2,(H,27,29,30,36);1-3,6-8,12,15-16,34-35H,4-5,9-11H2,(H,28,29,30,36);1-3,8-9,13-14H,4-7,10H2,(H,24,28)/t15-,16-;15-,16+;14-/m000/s1. The van der Waals surface area contributed by atoms with E-state index in [0.717, 1.165) is 74.4 Å². The minimum absolute atomic E-state index is 0.00973. The fourth-order valence-corrected chi connectivity index (χ4v) is 12.3. The van der Waals surface area contributed by atoms with Gasteiger partial charge in [-0.3, -0.25) is 25.3 Å². The Hall–Kier alpha value is -10.9. The van der Waals surface area contributed by atoms with Crippen molar-refractivity contribution in [2.24, 2.45) is 0 Å². The first-order chi connectivity index (χ1) is 48.8. The van der Waals surface area contributed by atoms with Gasteiger partial charge in [-0.1, -0.05) is 36.4 Å². The van der Waals surface area contributed by atoms with Crippen molar-refractivity contribution in [2.45, 2.75) is 87.0 Å². The number of aromatic nitrogens is 10. The number of aliphatic hydroxyl groups is 4. The van der Waals surface area contributed by atoms with Gasteiger partial charge in [0.1, 0.15) is 43.4 Å². The average Bonchev–Trinajstić information content (AvgIpc) is 1.02. The SMILES string of the molecule is O=C(NC1CC1)N1c2nc(-c3cccc(C(F)(F)F)c3)ncc2N2CC[C@H]1C2.O=C(Nc1cc(OC[C@H](O)CO)ncn1)N1c2nc(-c3cccc(C(F)(F)F)c3)ncc2N2CC[C@H]1C2.O=C(Nc1ccnc(OC[C@@H](O)CO)n1)N1c2nc(-c3cccc(C(F)(F)F)c3)ncc2N2CC[C@H]1C2. The number of benzene rings is 3. The second kappa shape index (κ2) is 28.6. The maximum absolute atomic E-state index is 13.4. The molecule has 11 heterocycles. The van der Waals surface area contributed by atoms with Crippen molar-refractivity contribution in [3.05, 3.63) is 133 Å². The molecule has 6 aliphatic heterocycles. The van der Waals surface area contributed by atoms with Crippen molar-refractivity contribution in [1.82, 2.24) is 55.2 Å². The van der Waals surface area contributed by atoms with Crippen LogP contribution in [0.15, 0.2) is 116 Å². The monoisotopic (exact) mass is 1420 g/mol. The molecule has 0 unspecified atom stereocenters. The number of hydrogen-bond acceptors (Lipinski definition) is 22. The average molecular weight is 1420 g/mol. The highest BCUT2D eigenvalue weighted by atomic mass is 19.4. The van der Waals surface area contributed by atoms with E-state index in [4.69, 9.17) is 19.7 Å². The second-order valence-electron chi connectivity index (χ2n) is 24.6. The molecule has 7 aliphatic rings. The summed E-state index contributed by atoms with van der Waals surface area (Å²) in [6.07, 6.45) is -4.39. The summed E-state index contributed by atoms with van der Waals surface area (Å²) in [6, 6.07) is 15.6. The van der Waals surface area contributed by atoms with Gasteiger partial charge in [0.15, 0.2) is 34.9 Å². The van der Waals surface area contributed by atoms with Crippen LogP contribution in [-0.2, 0) is 18.5 Å². The van der Waals surface area contributed by atoms with E-state index in [1.165, 1.54) is 77.2 Å². The number of halogens is 9. The molecule has 4 fully saturated rings. The third-order valence-corrected chi connectivity index (χ3v) is 17.4. The number of ether oxygens (including phenoxy) is 2. The highest BCUT2D eigenvalue weighted by Crippen LogP contribution is 2.44. The van der Waals surface area contributed by atoms with Gasteiger partial charge in [0, 0.05) is 74.3 Å². The van der Waals surface area contributed by atoms with E-state index in [9.17, 15) is 64.1 Å². The number of rotatable bonds is 14. The maximum Gasteiger partial charge on any atom is 0.416 e. The highest BCUT2D eigenvalue weighted by molar-refractivity contribution is 6.05. The summed E-state index contributed by atoms with van der Waals surface area (Å²) in [5, 5.41) is 45.1. The molecule has 5 atom stereocenters. The van der Waals surface area contributed by atoms with Gasteiger partial charge in [-0.05, 0) is 74.6 Å². The molecule has 7 N–H and O–H groups in total. The molecule has 15 rings (SSSR count). The lowest BCUT2D eigenvalue weighted by Gasteiger charge is -2.35. The normalized spacial score (nSPS) is 18.3. The summed E-state index contributed by atoms with van der Waals surface area (Å²) in [6.45, 7) is 2.58. The molecular formula is C65H62F9N19O9. The van der Waals surface area contributed by atoms with Crippen molar-refractivity contribution in [2.75, 3.05) is 106 Å². The topological polar surface area (TPSA) is 335 Å². The fourth-order valence-electron chi connectivity index (χ4n) is 12.3. The van der Waals surface area contributed by atoms with Crippen LogP contribution in [-0.4, -0.2) is 190 Å². The molecule has 8 aromatic rings. The number of carbonyl (C=O) groups is 3. The fraction of sp³-hybridized carbons (Fsp3) is 0.369. The maximum atomic E-state index is 13.4. The summed E-state index contributed by atoms with van der Waals surface area (Å²) in [5.74, 6) is 1.67. The summed E-state index contributed by atoms with van der Waals surface area (Å²) in [4.78, 5) is 92.7. The number of urea groups is 3. The van der Waals surface area contributed by atoms with Crippen LogP contribution in [0.1, 0.15) is 48.8 Å². The Morgan fingerprint density at radius 2 is 0.902 bits per heavy atom. The Kier molecular flexibility index (Phi) is 19.5. The van der Waals surface area contributed by atoms with Crippen LogP contribution < -0.4 is 54.8 Å². The smallest absolute Gasteiger partial charge is 0.416 e. The summed E-state index contributed by atoms with van der Waals surface area (Å²) in [7, 11) is 0. The van der Waals surface area contributed by atoms with Crippen LogP contribution in [0.4, 0.5) is 100 Å². The molecule has 28 nitrogen and oxygen atoms in total. The Morgan fingerprint density at radius 1 is 0.490 bits per heavy atom. The highest BCUT2D eigenvalue weighted by Gasteiger charge is 2.45. The summed E-state index contributed by atoms with van der Waals surface area (Å²) >= 11 is 0. The van der Waals surface area contributed by atoms with E-state index in [1.807, 2.05) is 9.80 Å². The molecule has 37 heteroatoms. The Balaban J connectivity index is 0.000000138. The van der Waals surface area contributed by atoms with Gasteiger partial charge in [-0.2, -0.15) is 44.5 Å². The van der Waals surface area contributed by atoms with Crippen LogP contribution in [0.3, 0.4) is 0 Å². The number of alkyl halides is 9. The quantitative estimate of drug-likeness (QED) is 0.0506. The van der Waals surface area contributed by atoms with Crippen molar-refractivity contribution in [3.63, 3.8) is 0 Å². The van der Waals surface area contributed by atoms with Gasteiger partial charge in [-0.15, -0.1) is 0 Å². The number of nitrogens with one attached hydrogen (secondary N) is 3. The zero-order valence-corrected chi connectivity index (χ0v) is 53.4. The lowest BCUT2D eigenvalue weighted by atomic mass is 10.1. The van der Waals surface area contributed by atoms with Gasteiger partial charge in [-0.25, -0.2) is 59.2 Å². The molecule has 0 spiro atoms. The number of carbonyl (C=O) groups excluding carboxylic acids is 3. The van der Waals surface area contributed by atoms with Crippen LogP contribution >= 0.6 is 0 Å². The number of nitrogens with zero attached hydrogens (tertiary/aromatic N) is 16. The number of amides is 6. The molecule has 6 amide bonds. The third kappa shape index (κ3) is 15.4. The molecular weight excluding hydrogens is 1360 g/mol. The van der Waals surface area contributed by atoms with Gasteiger partial charge < -0.3 is 49.9 Å². The number of hydrogen-bond donors (Lipinski definition) is 7. The zero-order valence-electron chi connectivity index (χ0n) is 53.4. The Bertz CT molecular complexity index is 4230. The molecule has 3 saturated heterocycles. The molecule has 1 saturated carbocycles. The van der Waals surface area contributed by atoms with Gasteiger partial charge in [0.25, 0.3) is 0 Å². The minimum atomic E-state index is -4.52. The first-order valence-electron chi connectivity index (χ1n) is 32.0. The van der Waals surface area contributed by atoms with Crippen molar-refractivity contribution >= 4 is 64.2 Å². The van der Waals surface area contributed by atoms with Gasteiger partial charge in [0.2, 0.25) is 5.88 Å². The van der Waals surface area contributed by atoms with Crippen LogP contribution in [0.5, 0.6) is 11.9 Å². The molecule has 3 aromatic carbocycles. The van der Waals surface area contributed by atoms with Crippen LogP contribution in [0.2, 0.25) is 0 Å². The lowest BCUT2D eigenvalue weighted by Crippen LogP contribution is -2.51. The lowest BCUT2D eigenvalue weighted by molar-refractivity contribution is -0.138. The van der Waals surface area contributed by atoms with E-state index in [1.54, 1.807) is 17.2 Å². The van der Waals surface area contributed by atoms with Crippen LogP contribution in [0.25, 0.3) is 34.2 Å². The van der Waals surface area contributed by atoms with E-state index in [0.29, 0.717) is 56.2 Å². The van der Waals surface area contributed by atoms with Crippen molar-refractivity contribution in [3.8, 4) is 46.1 Å². The van der Waals surface area contributed by atoms with E-state index < -0.39 is 72.7 Å². The number of anilines is 8. The minimum Gasteiger partial charge on any atom is -0.475 e. The van der Waals surface area contributed by atoms with E-state index in [2.05, 4.69) is 70.7 Å². The van der Waals surface area contributed by atoms with Gasteiger partial charge in [0.05, 0.1) is 83.7 Å². The largest absolute Gasteiger partial charge is 0.475 e. The summed E-state index contributed by atoms with van der Waals surface area (Å²) < 4.78 is 129. The molecule has 1 aliphatic carbocycles. The predicted molar refractivity (Wildman–Crippen MR) is 348 cm³/mol. The second-order valence-corrected chi connectivity index (χ2v) is 24.6. The molecule has 0 radical (unpaired) electrons. The van der Waals surface area contributed by atoms with Crippen molar-refractivity contribution in [1.29, 1.82) is 0 Å². The third-order valence-electron chi connectivity index (χ3n) is 17.4. The predicted octanol–water partition coefficient (Wildman–Crippen LogP) is 8.06. The Morgan fingerprint density at radius 3 is 1.31 bits per heavy atom. The first-order valence-corrected chi connectivity index (χ1v) is 32.0.